The van der Waals surface area contributed by atoms with Crippen LogP contribution in [0.5, 0.6) is 0 Å². The van der Waals surface area contributed by atoms with Gasteiger partial charge in [0.15, 0.2) is 0 Å². The first kappa shape index (κ1) is 20.6. The minimum Gasteiger partial charge on any atom is -0.207 e. The van der Waals surface area contributed by atoms with Crippen LogP contribution in [-0.2, 0) is 6.42 Å². The molecule has 0 heterocycles. The van der Waals surface area contributed by atoms with E-state index in [0.717, 1.165) is 34.8 Å². The van der Waals surface area contributed by atoms with E-state index in [9.17, 15) is 4.39 Å². The van der Waals surface area contributed by atoms with Crippen LogP contribution in [0.4, 0.5) is 4.39 Å². The van der Waals surface area contributed by atoms with E-state index in [1.165, 1.54) is 69.8 Å². The number of aryl methyl sites for hydroxylation is 2. The zero-order valence-electron chi connectivity index (χ0n) is 18.3. The van der Waals surface area contributed by atoms with E-state index in [0.29, 0.717) is 5.56 Å². The molecule has 0 radical (unpaired) electrons. The lowest BCUT2D eigenvalue weighted by Crippen LogP contribution is -2.25. The van der Waals surface area contributed by atoms with Gasteiger partial charge >= 0.3 is 0 Å². The Bertz CT molecular complexity index is 774. The van der Waals surface area contributed by atoms with E-state index in [1.807, 2.05) is 19.1 Å². The minimum absolute atomic E-state index is 0.120. The van der Waals surface area contributed by atoms with E-state index >= 15 is 0 Å². The van der Waals surface area contributed by atoms with Gasteiger partial charge in [0.1, 0.15) is 5.82 Å². The molecule has 156 valence electrons. The summed E-state index contributed by atoms with van der Waals surface area (Å²) in [6.07, 6.45) is 14.3. The highest BCUT2D eigenvalue weighted by Gasteiger charge is 2.29. The molecule has 0 spiro atoms. The second kappa shape index (κ2) is 9.45. The Hall–Kier alpha value is -1.63. The van der Waals surface area contributed by atoms with Crippen LogP contribution >= 0.6 is 0 Å². The summed E-state index contributed by atoms with van der Waals surface area (Å²) in [6, 6.07) is 14.3. The molecule has 2 saturated carbocycles. The number of halogens is 1. The lowest BCUT2D eigenvalue weighted by atomic mass is 9.69. The van der Waals surface area contributed by atoms with Gasteiger partial charge in [-0.3, -0.25) is 0 Å². The van der Waals surface area contributed by atoms with Gasteiger partial charge in [-0.2, -0.15) is 0 Å². The van der Waals surface area contributed by atoms with Crippen LogP contribution in [0, 0.1) is 36.4 Å². The lowest BCUT2D eigenvalue weighted by molar-refractivity contribution is 0.148. The molecule has 2 aromatic carbocycles. The smallest absolute Gasteiger partial charge is 0.126 e. The van der Waals surface area contributed by atoms with Crippen molar-refractivity contribution in [2.75, 3.05) is 0 Å². The summed E-state index contributed by atoms with van der Waals surface area (Å²) in [5, 5.41) is 0. The molecule has 0 aliphatic heterocycles. The van der Waals surface area contributed by atoms with Gasteiger partial charge in [0.25, 0.3) is 0 Å². The topological polar surface area (TPSA) is 0 Å². The van der Waals surface area contributed by atoms with Gasteiger partial charge < -0.3 is 0 Å². The van der Waals surface area contributed by atoms with Crippen molar-refractivity contribution in [1.82, 2.24) is 0 Å². The van der Waals surface area contributed by atoms with Crippen molar-refractivity contribution in [3.05, 3.63) is 59.4 Å². The molecule has 0 bridgehead atoms. The lowest BCUT2D eigenvalue weighted by Gasteiger charge is -2.37. The van der Waals surface area contributed by atoms with Gasteiger partial charge in [-0.05, 0) is 97.4 Å². The molecule has 0 nitrogen and oxygen atoms in total. The number of rotatable bonds is 5. The molecular formula is C28H37F. The minimum atomic E-state index is -0.120. The predicted molar refractivity (Wildman–Crippen MR) is 121 cm³/mol. The largest absolute Gasteiger partial charge is 0.207 e. The summed E-state index contributed by atoms with van der Waals surface area (Å²) >= 11 is 0. The third kappa shape index (κ3) is 5.30. The second-order valence-electron chi connectivity index (χ2n) is 10.0. The standard InChI is InChI=1S/C28H37F/c1-20-3-12-24(13-4-20)25-15-8-22(9-16-25)6-7-23-10-17-26(18-11-23)27-14-5-21(2)28(29)19-27/h5,10-11,14,17-20,22,24-25H,3-4,6-9,12-13,15-16H2,1-2H3. The normalized spacial score (nSPS) is 27.7. The third-order valence-electron chi connectivity index (χ3n) is 7.92. The molecule has 29 heavy (non-hydrogen) atoms. The highest BCUT2D eigenvalue weighted by Crippen LogP contribution is 2.42. The second-order valence-corrected chi connectivity index (χ2v) is 10.0. The fraction of sp³-hybridized carbons (Fsp3) is 0.571. The Kier molecular flexibility index (Phi) is 6.73. The number of hydrogen-bond donors (Lipinski definition) is 0. The first-order valence-corrected chi connectivity index (χ1v) is 11.9. The van der Waals surface area contributed by atoms with Crippen LogP contribution in [0.15, 0.2) is 42.5 Å². The Morgan fingerprint density at radius 3 is 1.97 bits per heavy atom. The van der Waals surface area contributed by atoms with Crippen molar-refractivity contribution in [3.63, 3.8) is 0 Å². The average Bonchev–Trinajstić information content (AvgIpc) is 2.76. The van der Waals surface area contributed by atoms with Crippen molar-refractivity contribution in [3.8, 4) is 11.1 Å². The highest BCUT2D eigenvalue weighted by molar-refractivity contribution is 5.64. The summed E-state index contributed by atoms with van der Waals surface area (Å²) in [5.41, 5.74) is 4.20. The average molecular weight is 393 g/mol. The molecule has 4 rings (SSSR count). The zero-order chi connectivity index (χ0) is 20.2. The molecule has 2 aromatic rings. The van der Waals surface area contributed by atoms with Crippen LogP contribution in [-0.4, -0.2) is 0 Å². The van der Waals surface area contributed by atoms with E-state index < -0.39 is 0 Å². The van der Waals surface area contributed by atoms with E-state index in [4.69, 9.17) is 0 Å². The van der Waals surface area contributed by atoms with Crippen molar-refractivity contribution in [2.45, 2.75) is 78.1 Å². The fourth-order valence-electron chi connectivity index (χ4n) is 5.71. The number of hydrogen-bond acceptors (Lipinski definition) is 0. The summed E-state index contributed by atoms with van der Waals surface area (Å²) < 4.78 is 13.8. The van der Waals surface area contributed by atoms with Gasteiger partial charge in [-0.15, -0.1) is 0 Å². The van der Waals surface area contributed by atoms with Gasteiger partial charge in [-0.1, -0.05) is 69.0 Å². The Balaban J connectivity index is 1.24. The summed E-state index contributed by atoms with van der Waals surface area (Å²) in [6.45, 7) is 4.24. The van der Waals surface area contributed by atoms with Crippen molar-refractivity contribution in [2.24, 2.45) is 23.7 Å². The molecule has 0 amide bonds. The summed E-state index contributed by atoms with van der Waals surface area (Å²) in [7, 11) is 0. The van der Waals surface area contributed by atoms with Crippen molar-refractivity contribution >= 4 is 0 Å². The Labute approximate surface area is 176 Å². The first-order valence-electron chi connectivity index (χ1n) is 11.9. The molecule has 2 fully saturated rings. The van der Waals surface area contributed by atoms with Crippen molar-refractivity contribution < 1.29 is 4.39 Å². The molecule has 0 atom stereocenters. The Morgan fingerprint density at radius 2 is 1.34 bits per heavy atom. The van der Waals surface area contributed by atoms with E-state index in [1.54, 1.807) is 6.07 Å². The quantitative estimate of drug-likeness (QED) is 0.479. The van der Waals surface area contributed by atoms with Gasteiger partial charge in [0.05, 0.1) is 0 Å². The van der Waals surface area contributed by atoms with E-state index in [2.05, 4.69) is 31.2 Å². The molecule has 0 unspecified atom stereocenters. The van der Waals surface area contributed by atoms with Crippen LogP contribution < -0.4 is 0 Å². The SMILES string of the molecule is Cc1ccc(-c2ccc(CCC3CCC(C4CCC(C)CC4)CC3)cc2)cc1F. The van der Waals surface area contributed by atoms with Gasteiger partial charge in [-0.25, -0.2) is 4.39 Å². The third-order valence-corrected chi connectivity index (χ3v) is 7.92. The molecule has 2 aliphatic rings. The molecule has 0 saturated heterocycles. The summed E-state index contributed by atoms with van der Waals surface area (Å²) in [5.74, 6) is 3.82. The van der Waals surface area contributed by atoms with Gasteiger partial charge in [0.2, 0.25) is 0 Å². The number of benzene rings is 2. The van der Waals surface area contributed by atoms with Gasteiger partial charge in [0, 0.05) is 0 Å². The maximum absolute atomic E-state index is 13.8. The maximum Gasteiger partial charge on any atom is 0.126 e. The van der Waals surface area contributed by atoms with Crippen molar-refractivity contribution in [1.29, 1.82) is 0 Å². The van der Waals surface area contributed by atoms with E-state index in [-0.39, 0.29) is 5.82 Å². The first-order chi connectivity index (χ1) is 14.1. The molecule has 0 aromatic heterocycles. The van der Waals surface area contributed by atoms with Crippen LogP contribution in [0.25, 0.3) is 11.1 Å². The Morgan fingerprint density at radius 1 is 0.759 bits per heavy atom. The fourth-order valence-corrected chi connectivity index (χ4v) is 5.71. The molecule has 1 heteroatoms. The van der Waals surface area contributed by atoms with Crippen LogP contribution in [0.1, 0.15) is 75.8 Å². The van der Waals surface area contributed by atoms with Crippen LogP contribution in [0.2, 0.25) is 0 Å². The molecule has 0 N–H and O–H groups in total. The monoisotopic (exact) mass is 392 g/mol. The van der Waals surface area contributed by atoms with Crippen LogP contribution in [0.3, 0.4) is 0 Å². The molecule has 2 aliphatic carbocycles. The molecular weight excluding hydrogens is 355 g/mol. The predicted octanol–water partition coefficient (Wildman–Crippen LogP) is 8.37. The highest BCUT2D eigenvalue weighted by atomic mass is 19.1. The maximum atomic E-state index is 13.8. The summed E-state index contributed by atoms with van der Waals surface area (Å²) in [4.78, 5) is 0. The zero-order valence-corrected chi connectivity index (χ0v) is 18.3.